The quantitative estimate of drug-likeness (QED) is 0.902. The topological polar surface area (TPSA) is 29.1 Å². The fraction of sp³-hybridized carbons (Fsp3) is 0.188. The van der Waals surface area contributed by atoms with E-state index in [4.69, 9.17) is 0 Å². The largest absolute Gasteiger partial charge is 0.355 e. The van der Waals surface area contributed by atoms with Crippen LogP contribution in [0.5, 0.6) is 0 Å². The van der Waals surface area contributed by atoms with Crippen LogP contribution in [0.3, 0.4) is 0 Å². The smallest absolute Gasteiger partial charge is 0.224 e. The van der Waals surface area contributed by atoms with Gasteiger partial charge in [-0.1, -0.05) is 18.2 Å². The third-order valence-corrected chi connectivity index (χ3v) is 3.00. The molecule has 0 unspecified atom stereocenters. The van der Waals surface area contributed by atoms with E-state index in [-0.39, 0.29) is 18.1 Å². The summed E-state index contributed by atoms with van der Waals surface area (Å²) in [6.45, 7) is 0.325. The Hall–Kier alpha value is -2.30. The standard InChI is InChI=1S/C16H14F3NO/c17-13-4-1-11(2-5-13)10-16(21)20-8-7-12-3-6-14(18)15(19)9-12/h1-6,9H,7-8,10H2,(H,20,21). The molecule has 0 bridgehead atoms. The highest BCUT2D eigenvalue weighted by atomic mass is 19.2. The molecule has 1 N–H and O–H groups in total. The molecule has 0 aliphatic carbocycles. The molecule has 0 spiro atoms. The molecule has 0 saturated heterocycles. The summed E-state index contributed by atoms with van der Waals surface area (Å²) in [6.07, 6.45) is 0.560. The molecule has 2 aromatic rings. The molecule has 2 aromatic carbocycles. The minimum Gasteiger partial charge on any atom is -0.355 e. The van der Waals surface area contributed by atoms with E-state index in [0.29, 0.717) is 24.1 Å². The SMILES string of the molecule is O=C(Cc1ccc(F)cc1)NCCc1ccc(F)c(F)c1. The fourth-order valence-electron chi connectivity index (χ4n) is 1.89. The molecular weight excluding hydrogens is 279 g/mol. The van der Waals surface area contributed by atoms with Crippen LogP contribution in [0.4, 0.5) is 13.2 Å². The van der Waals surface area contributed by atoms with Crippen LogP contribution in [-0.4, -0.2) is 12.5 Å². The van der Waals surface area contributed by atoms with Gasteiger partial charge in [0, 0.05) is 6.54 Å². The van der Waals surface area contributed by atoms with Crippen molar-refractivity contribution < 1.29 is 18.0 Å². The molecule has 110 valence electrons. The molecule has 0 aromatic heterocycles. The van der Waals surface area contributed by atoms with Gasteiger partial charge in [-0.05, 0) is 41.8 Å². The lowest BCUT2D eigenvalue weighted by Gasteiger charge is -2.06. The van der Waals surface area contributed by atoms with Crippen LogP contribution in [0.25, 0.3) is 0 Å². The number of hydrogen-bond acceptors (Lipinski definition) is 1. The number of carbonyl (C=O) groups is 1. The summed E-state index contributed by atoms with van der Waals surface area (Å²) in [5.74, 6) is -2.34. The Balaban J connectivity index is 1.78. The summed E-state index contributed by atoms with van der Waals surface area (Å²) in [6, 6.07) is 9.33. The Morgan fingerprint density at radius 2 is 1.57 bits per heavy atom. The van der Waals surface area contributed by atoms with Gasteiger partial charge in [-0.2, -0.15) is 0 Å². The molecule has 0 atom stereocenters. The average molecular weight is 293 g/mol. The van der Waals surface area contributed by atoms with Crippen LogP contribution in [-0.2, 0) is 17.6 Å². The van der Waals surface area contributed by atoms with Crippen LogP contribution in [0, 0.1) is 17.5 Å². The number of amides is 1. The Labute approximate surface area is 120 Å². The molecule has 0 saturated carbocycles. The molecule has 2 rings (SSSR count). The summed E-state index contributed by atoms with van der Waals surface area (Å²) in [4.78, 5) is 11.7. The lowest BCUT2D eigenvalue weighted by molar-refractivity contribution is -0.120. The summed E-state index contributed by atoms with van der Waals surface area (Å²) in [5.41, 5.74) is 1.32. The van der Waals surface area contributed by atoms with Crippen molar-refractivity contribution in [2.75, 3.05) is 6.54 Å². The summed E-state index contributed by atoms with van der Waals surface area (Å²) in [7, 11) is 0. The number of rotatable bonds is 5. The van der Waals surface area contributed by atoms with E-state index >= 15 is 0 Å². The molecule has 1 amide bonds. The molecule has 0 aliphatic rings. The molecule has 5 heteroatoms. The lowest BCUT2D eigenvalue weighted by Crippen LogP contribution is -2.27. The first-order valence-corrected chi connectivity index (χ1v) is 6.49. The number of nitrogens with one attached hydrogen (secondary N) is 1. The molecule has 0 radical (unpaired) electrons. The first-order valence-electron chi connectivity index (χ1n) is 6.49. The van der Waals surface area contributed by atoms with Crippen LogP contribution in [0.1, 0.15) is 11.1 Å². The average Bonchev–Trinajstić information content (AvgIpc) is 2.45. The van der Waals surface area contributed by atoms with E-state index in [1.165, 1.54) is 18.2 Å². The highest BCUT2D eigenvalue weighted by molar-refractivity contribution is 5.78. The van der Waals surface area contributed by atoms with Crippen molar-refractivity contribution in [3.63, 3.8) is 0 Å². The van der Waals surface area contributed by atoms with Gasteiger partial charge in [-0.15, -0.1) is 0 Å². The number of benzene rings is 2. The van der Waals surface area contributed by atoms with Gasteiger partial charge in [0.2, 0.25) is 5.91 Å². The zero-order chi connectivity index (χ0) is 15.2. The summed E-state index contributed by atoms with van der Waals surface area (Å²) >= 11 is 0. The van der Waals surface area contributed by atoms with Crippen molar-refractivity contribution in [1.29, 1.82) is 0 Å². The third kappa shape index (κ3) is 4.63. The first kappa shape index (κ1) is 15.1. The molecule has 0 fully saturated rings. The zero-order valence-electron chi connectivity index (χ0n) is 11.2. The van der Waals surface area contributed by atoms with Crippen molar-refractivity contribution in [3.8, 4) is 0 Å². The Kier molecular flexibility index (Phi) is 4.98. The highest BCUT2D eigenvalue weighted by Gasteiger charge is 2.05. The predicted octanol–water partition coefficient (Wildman–Crippen LogP) is 3.01. The number of halogens is 3. The first-order chi connectivity index (χ1) is 10.0. The van der Waals surface area contributed by atoms with Crippen molar-refractivity contribution in [3.05, 3.63) is 71.0 Å². The molecular formula is C16H14F3NO. The summed E-state index contributed by atoms with van der Waals surface area (Å²) < 4.78 is 38.5. The molecule has 2 nitrogen and oxygen atoms in total. The minimum atomic E-state index is -0.898. The van der Waals surface area contributed by atoms with E-state index in [9.17, 15) is 18.0 Å². The third-order valence-electron chi connectivity index (χ3n) is 3.00. The van der Waals surface area contributed by atoms with Crippen molar-refractivity contribution in [1.82, 2.24) is 5.32 Å². The van der Waals surface area contributed by atoms with Crippen LogP contribution < -0.4 is 5.32 Å². The van der Waals surface area contributed by atoms with Crippen LogP contribution >= 0.6 is 0 Å². The maximum Gasteiger partial charge on any atom is 0.224 e. The van der Waals surface area contributed by atoms with E-state index in [1.54, 1.807) is 12.1 Å². The van der Waals surface area contributed by atoms with Crippen molar-refractivity contribution in [2.45, 2.75) is 12.8 Å². The van der Waals surface area contributed by atoms with Crippen molar-refractivity contribution >= 4 is 5.91 Å². The lowest BCUT2D eigenvalue weighted by atomic mass is 10.1. The van der Waals surface area contributed by atoms with Crippen molar-refractivity contribution in [2.24, 2.45) is 0 Å². The zero-order valence-corrected chi connectivity index (χ0v) is 11.2. The van der Waals surface area contributed by atoms with Gasteiger partial charge in [-0.3, -0.25) is 4.79 Å². The summed E-state index contributed by atoms with van der Waals surface area (Å²) in [5, 5.41) is 2.68. The second kappa shape index (κ2) is 6.92. The van der Waals surface area contributed by atoms with E-state index < -0.39 is 11.6 Å². The van der Waals surface area contributed by atoms with Crippen LogP contribution in [0.15, 0.2) is 42.5 Å². The molecule has 0 aliphatic heterocycles. The van der Waals surface area contributed by atoms with Crippen LogP contribution in [0.2, 0.25) is 0 Å². The van der Waals surface area contributed by atoms with Gasteiger partial charge in [0.1, 0.15) is 5.82 Å². The van der Waals surface area contributed by atoms with Gasteiger partial charge in [0.05, 0.1) is 6.42 Å². The predicted molar refractivity (Wildman–Crippen MR) is 73.2 cm³/mol. The number of hydrogen-bond donors (Lipinski definition) is 1. The van der Waals surface area contributed by atoms with E-state index in [1.807, 2.05) is 0 Å². The number of carbonyl (C=O) groups excluding carboxylic acids is 1. The second-order valence-electron chi connectivity index (χ2n) is 4.65. The van der Waals surface area contributed by atoms with E-state index in [2.05, 4.69) is 5.32 Å². The Morgan fingerprint density at radius 3 is 2.24 bits per heavy atom. The normalized spacial score (nSPS) is 10.4. The Bertz CT molecular complexity index is 626. The Morgan fingerprint density at radius 1 is 0.905 bits per heavy atom. The fourth-order valence-corrected chi connectivity index (χ4v) is 1.89. The monoisotopic (exact) mass is 293 g/mol. The van der Waals surface area contributed by atoms with E-state index in [0.717, 1.165) is 12.1 Å². The maximum absolute atomic E-state index is 13.0. The maximum atomic E-state index is 13.0. The second-order valence-corrected chi connectivity index (χ2v) is 4.65. The molecule has 0 heterocycles. The van der Waals surface area contributed by atoms with Gasteiger partial charge in [-0.25, -0.2) is 13.2 Å². The van der Waals surface area contributed by atoms with Gasteiger partial charge in [0.25, 0.3) is 0 Å². The minimum absolute atomic E-state index is 0.151. The van der Waals surface area contributed by atoms with Gasteiger partial charge < -0.3 is 5.32 Å². The van der Waals surface area contributed by atoms with Gasteiger partial charge in [0.15, 0.2) is 11.6 Å². The highest BCUT2D eigenvalue weighted by Crippen LogP contribution is 2.09. The molecule has 21 heavy (non-hydrogen) atoms. The van der Waals surface area contributed by atoms with Gasteiger partial charge >= 0.3 is 0 Å².